The molecule has 13 heteroatoms. The van der Waals surface area contributed by atoms with Gasteiger partial charge < -0.3 is 9.80 Å². The van der Waals surface area contributed by atoms with Gasteiger partial charge in [-0.05, 0) is 61.6 Å². The zero-order valence-electron chi connectivity index (χ0n) is 23.9. The SMILES string of the molecule is O=C1CCC(N2C(=O)c3ccc(N4CCC(CN5CCN(C(=O)c6cccc(C(F)(F)F)c6)CC5)CC4)cc3C2=O)C(=O)N1. The number of alkyl halides is 3. The summed E-state index contributed by atoms with van der Waals surface area (Å²) in [6, 6.07) is 8.70. The Hall–Kier alpha value is -4.26. The first kappa shape index (κ1) is 29.8. The molecule has 0 bridgehead atoms. The summed E-state index contributed by atoms with van der Waals surface area (Å²) in [5.41, 5.74) is 0.556. The van der Waals surface area contributed by atoms with Crippen LogP contribution < -0.4 is 10.2 Å². The van der Waals surface area contributed by atoms with Gasteiger partial charge in [-0.2, -0.15) is 13.2 Å². The lowest BCUT2D eigenvalue weighted by atomic mass is 9.95. The van der Waals surface area contributed by atoms with E-state index in [1.807, 2.05) is 6.07 Å². The third-order valence-electron chi connectivity index (χ3n) is 9.02. The number of anilines is 1. The van der Waals surface area contributed by atoms with Crippen LogP contribution in [0.15, 0.2) is 42.5 Å². The van der Waals surface area contributed by atoms with Gasteiger partial charge in [0.1, 0.15) is 6.04 Å². The average Bonchev–Trinajstić information content (AvgIpc) is 3.26. The molecule has 0 saturated carbocycles. The standard InChI is InChI=1S/C31H32F3N5O5/c32-31(33,34)21-3-1-2-20(16-21)28(42)38-14-12-36(13-15-38)18-19-8-10-37(11-9-19)22-4-5-23-24(17-22)30(44)39(29(23)43)25-6-7-26(40)35-27(25)41/h1-5,16-17,19,25H,6-15,18H2,(H,35,40,41). The lowest BCUT2D eigenvalue weighted by Crippen LogP contribution is -2.54. The zero-order valence-corrected chi connectivity index (χ0v) is 23.9. The van der Waals surface area contributed by atoms with Crippen LogP contribution in [0.1, 0.15) is 62.3 Å². The van der Waals surface area contributed by atoms with E-state index in [1.54, 1.807) is 17.0 Å². The second kappa shape index (κ2) is 11.7. The topological polar surface area (TPSA) is 110 Å². The van der Waals surface area contributed by atoms with Gasteiger partial charge in [0.25, 0.3) is 17.7 Å². The van der Waals surface area contributed by atoms with E-state index < -0.39 is 41.4 Å². The number of piperazine rings is 1. The molecule has 44 heavy (non-hydrogen) atoms. The number of carbonyl (C=O) groups is 5. The van der Waals surface area contributed by atoms with E-state index in [2.05, 4.69) is 15.1 Å². The van der Waals surface area contributed by atoms with Crippen molar-refractivity contribution in [3.63, 3.8) is 0 Å². The lowest BCUT2D eigenvalue weighted by Gasteiger charge is -2.39. The number of piperidine rings is 2. The highest BCUT2D eigenvalue weighted by atomic mass is 19.4. The molecule has 1 N–H and O–H groups in total. The summed E-state index contributed by atoms with van der Waals surface area (Å²) in [7, 11) is 0. The van der Waals surface area contributed by atoms with Crippen molar-refractivity contribution in [1.29, 1.82) is 0 Å². The molecule has 0 aliphatic carbocycles. The monoisotopic (exact) mass is 611 g/mol. The molecule has 4 aliphatic rings. The van der Waals surface area contributed by atoms with Gasteiger partial charge in [-0.3, -0.25) is 39.1 Å². The van der Waals surface area contributed by atoms with Gasteiger partial charge in [0, 0.05) is 63.5 Å². The number of hydrogen-bond acceptors (Lipinski definition) is 7. The molecule has 0 spiro atoms. The quantitative estimate of drug-likeness (QED) is 0.518. The number of carbonyl (C=O) groups excluding carboxylic acids is 5. The van der Waals surface area contributed by atoms with E-state index in [0.717, 1.165) is 55.2 Å². The normalized spacial score (nSPS) is 22.0. The van der Waals surface area contributed by atoms with Crippen molar-refractivity contribution >= 4 is 35.2 Å². The molecule has 1 atom stereocenters. The Morgan fingerprint density at radius 3 is 2.23 bits per heavy atom. The molecule has 3 fully saturated rings. The van der Waals surface area contributed by atoms with Gasteiger partial charge >= 0.3 is 6.18 Å². The van der Waals surface area contributed by atoms with Crippen LogP contribution in [0.2, 0.25) is 0 Å². The number of halogens is 3. The highest BCUT2D eigenvalue weighted by molar-refractivity contribution is 6.23. The molecule has 0 aromatic heterocycles. The Kier molecular flexibility index (Phi) is 7.91. The Morgan fingerprint density at radius 2 is 1.55 bits per heavy atom. The number of hydrogen-bond donors (Lipinski definition) is 1. The van der Waals surface area contributed by atoms with Crippen LogP contribution in [-0.4, -0.2) is 96.1 Å². The van der Waals surface area contributed by atoms with Gasteiger partial charge in [0.05, 0.1) is 16.7 Å². The van der Waals surface area contributed by atoms with Crippen molar-refractivity contribution in [2.75, 3.05) is 50.7 Å². The van der Waals surface area contributed by atoms with Crippen LogP contribution in [0.5, 0.6) is 0 Å². The number of benzene rings is 2. The number of nitrogens with one attached hydrogen (secondary N) is 1. The van der Waals surface area contributed by atoms with Gasteiger partial charge in [-0.25, -0.2) is 0 Å². The van der Waals surface area contributed by atoms with Crippen LogP contribution in [-0.2, 0) is 15.8 Å². The fourth-order valence-corrected chi connectivity index (χ4v) is 6.54. The van der Waals surface area contributed by atoms with Crippen molar-refractivity contribution in [3.8, 4) is 0 Å². The van der Waals surface area contributed by atoms with Gasteiger partial charge in [0.2, 0.25) is 11.8 Å². The van der Waals surface area contributed by atoms with E-state index in [0.29, 0.717) is 32.1 Å². The van der Waals surface area contributed by atoms with Crippen molar-refractivity contribution < 1.29 is 37.1 Å². The summed E-state index contributed by atoms with van der Waals surface area (Å²) in [4.78, 5) is 69.9. The number of nitrogens with zero attached hydrogens (tertiary/aromatic N) is 4. The molecule has 6 rings (SSSR count). The summed E-state index contributed by atoms with van der Waals surface area (Å²) >= 11 is 0. The minimum Gasteiger partial charge on any atom is -0.371 e. The molecule has 1 unspecified atom stereocenters. The van der Waals surface area contributed by atoms with E-state index >= 15 is 0 Å². The third kappa shape index (κ3) is 5.80. The van der Waals surface area contributed by atoms with Crippen molar-refractivity contribution in [2.24, 2.45) is 5.92 Å². The van der Waals surface area contributed by atoms with Crippen LogP contribution >= 0.6 is 0 Å². The van der Waals surface area contributed by atoms with Crippen LogP contribution in [0.3, 0.4) is 0 Å². The highest BCUT2D eigenvalue weighted by Gasteiger charge is 2.45. The maximum Gasteiger partial charge on any atom is 0.416 e. The fraction of sp³-hybridized carbons (Fsp3) is 0.452. The molecule has 5 amide bonds. The lowest BCUT2D eigenvalue weighted by molar-refractivity contribution is -0.138. The molecule has 2 aromatic carbocycles. The van der Waals surface area contributed by atoms with Gasteiger partial charge in [0.15, 0.2) is 0 Å². The predicted octanol–water partition coefficient (Wildman–Crippen LogP) is 2.78. The minimum absolute atomic E-state index is 0.0435. The Bertz CT molecular complexity index is 1510. The number of amides is 5. The van der Waals surface area contributed by atoms with E-state index in [9.17, 15) is 37.1 Å². The Labute approximate surface area is 251 Å². The molecule has 4 heterocycles. The van der Waals surface area contributed by atoms with Crippen LogP contribution in [0, 0.1) is 5.92 Å². The van der Waals surface area contributed by atoms with Crippen LogP contribution in [0.4, 0.5) is 18.9 Å². The Balaban J connectivity index is 1.00. The first-order chi connectivity index (χ1) is 21.0. The predicted molar refractivity (Wildman–Crippen MR) is 152 cm³/mol. The molecule has 10 nitrogen and oxygen atoms in total. The van der Waals surface area contributed by atoms with Crippen LogP contribution in [0.25, 0.3) is 0 Å². The maximum absolute atomic E-state index is 13.2. The summed E-state index contributed by atoms with van der Waals surface area (Å²) < 4.78 is 39.2. The molecule has 2 aromatic rings. The van der Waals surface area contributed by atoms with Crippen molar-refractivity contribution in [1.82, 2.24) is 20.0 Å². The Morgan fingerprint density at radius 1 is 0.841 bits per heavy atom. The molecule has 0 radical (unpaired) electrons. The van der Waals surface area contributed by atoms with Gasteiger partial charge in [-0.1, -0.05) is 6.07 Å². The molecular formula is C31H32F3N5O5. The number of fused-ring (bicyclic) bond motifs is 1. The van der Waals surface area contributed by atoms with E-state index in [1.165, 1.54) is 12.1 Å². The molecular weight excluding hydrogens is 579 g/mol. The van der Waals surface area contributed by atoms with Crippen molar-refractivity contribution in [2.45, 2.75) is 37.9 Å². The van der Waals surface area contributed by atoms with E-state index in [-0.39, 0.29) is 35.4 Å². The summed E-state index contributed by atoms with van der Waals surface area (Å²) in [5.74, 6) is -2.07. The number of rotatable bonds is 5. The number of imide groups is 2. The largest absolute Gasteiger partial charge is 0.416 e. The zero-order chi connectivity index (χ0) is 31.2. The van der Waals surface area contributed by atoms with Crippen molar-refractivity contribution in [3.05, 3.63) is 64.7 Å². The first-order valence-corrected chi connectivity index (χ1v) is 14.8. The molecule has 4 aliphatic heterocycles. The minimum atomic E-state index is -4.50. The smallest absolute Gasteiger partial charge is 0.371 e. The molecule has 232 valence electrons. The first-order valence-electron chi connectivity index (χ1n) is 14.8. The summed E-state index contributed by atoms with van der Waals surface area (Å²) in [5, 5.41) is 2.20. The second-order valence-electron chi connectivity index (χ2n) is 11.8. The third-order valence-corrected chi connectivity index (χ3v) is 9.02. The fourth-order valence-electron chi connectivity index (χ4n) is 6.54. The maximum atomic E-state index is 13.2. The average molecular weight is 612 g/mol. The second-order valence-corrected chi connectivity index (χ2v) is 11.8. The summed E-state index contributed by atoms with van der Waals surface area (Å²) in [6.45, 7) is 4.58. The van der Waals surface area contributed by atoms with E-state index in [4.69, 9.17) is 0 Å². The van der Waals surface area contributed by atoms with Gasteiger partial charge in [-0.15, -0.1) is 0 Å². The molecule has 3 saturated heterocycles. The highest BCUT2D eigenvalue weighted by Crippen LogP contribution is 2.33. The summed E-state index contributed by atoms with van der Waals surface area (Å²) in [6.07, 6.45) is -2.50.